The maximum atomic E-state index is 13.1. The number of rotatable bonds is 5. The SMILES string of the molecule is C[C@@H](NCC(=O)Nc1cccc(F)c1)c1ccc(F)c(F)c1. The van der Waals surface area contributed by atoms with E-state index >= 15 is 0 Å². The molecule has 0 aromatic heterocycles. The number of carbonyl (C=O) groups is 1. The number of hydrogen-bond donors (Lipinski definition) is 2. The number of nitrogens with one attached hydrogen (secondary N) is 2. The summed E-state index contributed by atoms with van der Waals surface area (Å²) in [7, 11) is 0. The summed E-state index contributed by atoms with van der Waals surface area (Å²) >= 11 is 0. The number of carbonyl (C=O) groups excluding carboxylic acids is 1. The van der Waals surface area contributed by atoms with E-state index < -0.39 is 17.5 Å². The van der Waals surface area contributed by atoms with Crippen molar-refractivity contribution in [3.63, 3.8) is 0 Å². The van der Waals surface area contributed by atoms with Gasteiger partial charge in [-0.3, -0.25) is 4.79 Å². The summed E-state index contributed by atoms with van der Waals surface area (Å²) in [5.74, 6) is -2.66. The van der Waals surface area contributed by atoms with Crippen LogP contribution in [-0.2, 0) is 4.79 Å². The van der Waals surface area contributed by atoms with E-state index in [4.69, 9.17) is 0 Å². The van der Waals surface area contributed by atoms with E-state index in [1.807, 2.05) is 0 Å². The summed E-state index contributed by atoms with van der Waals surface area (Å²) in [5.41, 5.74) is 0.879. The molecular weight excluding hydrogens is 293 g/mol. The molecule has 0 radical (unpaired) electrons. The van der Waals surface area contributed by atoms with Crippen molar-refractivity contribution in [1.82, 2.24) is 5.32 Å². The van der Waals surface area contributed by atoms with Crippen molar-refractivity contribution in [3.8, 4) is 0 Å². The first-order chi connectivity index (χ1) is 10.5. The van der Waals surface area contributed by atoms with E-state index in [2.05, 4.69) is 10.6 Å². The molecule has 0 heterocycles. The number of anilines is 1. The van der Waals surface area contributed by atoms with Gasteiger partial charge in [0.1, 0.15) is 5.82 Å². The van der Waals surface area contributed by atoms with Crippen LogP contribution in [0.3, 0.4) is 0 Å². The minimum atomic E-state index is -0.935. The summed E-state index contributed by atoms with van der Waals surface area (Å²) in [4.78, 5) is 11.8. The van der Waals surface area contributed by atoms with E-state index in [0.29, 0.717) is 11.3 Å². The maximum absolute atomic E-state index is 13.1. The Balaban J connectivity index is 1.88. The van der Waals surface area contributed by atoms with Crippen molar-refractivity contribution in [2.75, 3.05) is 11.9 Å². The van der Waals surface area contributed by atoms with Crippen LogP contribution in [0, 0.1) is 17.5 Å². The van der Waals surface area contributed by atoms with E-state index in [-0.39, 0.29) is 18.5 Å². The molecule has 0 fully saturated rings. The highest BCUT2D eigenvalue weighted by Crippen LogP contribution is 2.15. The average Bonchev–Trinajstić information content (AvgIpc) is 2.47. The summed E-state index contributed by atoms with van der Waals surface area (Å²) in [6.07, 6.45) is 0. The van der Waals surface area contributed by atoms with Crippen LogP contribution in [0.1, 0.15) is 18.5 Å². The third-order valence-corrected chi connectivity index (χ3v) is 3.12. The van der Waals surface area contributed by atoms with Crippen molar-refractivity contribution in [2.45, 2.75) is 13.0 Å². The molecule has 0 bridgehead atoms. The molecule has 116 valence electrons. The van der Waals surface area contributed by atoms with Crippen LogP contribution >= 0.6 is 0 Å². The van der Waals surface area contributed by atoms with Gasteiger partial charge >= 0.3 is 0 Å². The van der Waals surface area contributed by atoms with Crippen LogP contribution in [0.4, 0.5) is 18.9 Å². The molecule has 2 rings (SSSR count). The van der Waals surface area contributed by atoms with Gasteiger partial charge in [-0.05, 0) is 42.8 Å². The Hall–Kier alpha value is -2.34. The van der Waals surface area contributed by atoms with Crippen LogP contribution in [0.2, 0.25) is 0 Å². The molecule has 22 heavy (non-hydrogen) atoms. The molecule has 0 unspecified atom stereocenters. The van der Waals surface area contributed by atoms with Crippen LogP contribution in [0.15, 0.2) is 42.5 Å². The quantitative estimate of drug-likeness (QED) is 0.889. The van der Waals surface area contributed by atoms with Gasteiger partial charge in [-0.15, -0.1) is 0 Å². The van der Waals surface area contributed by atoms with Gasteiger partial charge < -0.3 is 10.6 Å². The van der Waals surface area contributed by atoms with Gasteiger partial charge in [0, 0.05) is 11.7 Å². The predicted octanol–water partition coefficient (Wildman–Crippen LogP) is 3.39. The average molecular weight is 308 g/mol. The molecular formula is C16H15F3N2O. The molecule has 0 aliphatic rings. The van der Waals surface area contributed by atoms with Gasteiger partial charge in [0.2, 0.25) is 5.91 Å². The minimum absolute atomic E-state index is 0.0450. The lowest BCUT2D eigenvalue weighted by molar-refractivity contribution is -0.115. The molecule has 3 nitrogen and oxygen atoms in total. The number of amides is 1. The Kier molecular flexibility index (Phi) is 5.16. The van der Waals surface area contributed by atoms with E-state index in [9.17, 15) is 18.0 Å². The Morgan fingerprint density at radius 2 is 1.86 bits per heavy atom. The molecule has 0 spiro atoms. The summed E-state index contributed by atoms with van der Waals surface area (Å²) in [6, 6.07) is 8.76. The van der Waals surface area contributed by atoms with Crippen molar-refractivity contribution in [3.05, 3.63) is 65.5 Å². The fourth-order valence-electron chi connectivity index (χ4n) is 1.92. The third-order valence-electron chi connectivity index (χ3n) is 3.12. The first-order valence-electron chi connectivity index (χ1n) is 6.69. The summed E-state index contributed by atoms with van der Waals surface area (Å²) in [5, 5.41) is 5.42. The lowest BCUT2D eigenvalue weighted by Gasteiger charge is -2.14. The van der Waals surface area contributed by atoms with Gasteiger partial charge in [-0.25, -0.2) is 13.2 Å². The molecule has 0 saturated heterocycles. The molecule has 0 aliphatic heterocycles. The van der Waals surface area contributed by atoms with E-state index in [1.165, 1.54) is 24.3 Å². The van der Waals surface area contributed by atoms with Crippen LogP contribution in [0.25, 0.3) is 0 Å². The zero-order valence-electron chi connectivity index (χ0n) is 11.9. The third kappa shape index (κ3) is 4.33. The fourth-order valence-corrected chi connectivity index (χ4v) is 1.92. The zero-order valence-corrected chi connectivity index (χ0v) is 11.9. The monoisotopic (exact) mass is 308 g/mol. The highest BCUT2D eigenvalue weighted by molar-refractivity contribution is 5.92. The molecule has 0 aliphatic carbocycles. The second-order valence-corrected chi connectivity index (χ2v) is 4.83. The van der Waals surface area contributed by atoms with Gasteiger partial charge in [0.25, 0.3) is 0 Å². The second kappa shape index (κ2) is 7.09. The van der Waals surface area contributed by atoms with Crippen LogP contribution in [-0.4, -0.2) is 12.5 Å². The minimum Gasteiger partial charge on any atom is -0.325 e. The smallest absolute Gasteiger partial charge is 0.238 e. The lowest BCUT2D eigenvalue weighted by Crippen LogP contribution is -2.30. The number of hydrogen-bond acceptors (Lipinski definition) is 2. The fraction of sp³-hybridized carbons (Fsp3) is 0.188. The van der Waals surface area contributed by atoms with Crippen molar-refractivity contribution < 1.29 is 18.0 Å². The Labute approximate surface area is 126 Å². The molecule has 6 heteroatoms. The lowest BCUT2D eigenvalue weighted by atomic mass is 10.1. The first-order valence-corrected chi connectivity index (χ1v) is 6.69. The molecule has 0 saturated carbocycles. The molecule has 1 atom stereocenters. The molecule has 2 N–H and O–H groups in total. The highest BCUT2D eigenvalue weighted by atomic mass is 19.2. The van der Waals surface area contributed by atoms with Crippen molar-refractivity contribution in [1.29, 1.82) is 0 Å². The number of benzene rings is 2. The molecule has 1 amide bonds. The Morgan fingerprint density at radius 3 is 2.55 bits per heavy atom. The molecule has 2 aromatic carbocycles. The Morgan fingerprint density at radius 1 is 1.09 bits per heavy atom. The predicted molar refractivity (Wildman–Crippen MR) is 77.8 cm³/mol. The summed E-state index contributed by atoms with van der Waals surface area (Å²) in [6.45, 7) is 1.68. The zero-order chi connectivity index (χ0) is 16.1. The molecule has 2 aromatic rings. The normalized spacial score (nSPS) is 12.0. The first kappa shape index (κ1) is 16.0. The van der Waals surface area contributed by atoms with Gasteiger partial charge in [0.05, 0.1) is 6.54 Å². The van der Waals surface area contributed by atoms with Crippen molar-refractivity contribution >= 4 is 11.6 Å². The number of halogens is 3. The van der Waals surface area contributed by atoms with Gasteiger partial charge in [-0.1, -0.05) is 12.1 Å². The van der Waals surface area contributed by atoms with Gasteiger partial charge in [-0.2, -0.15) is 0 Å². The summed E-state index contributed by atoms with van der Waals surface area (Å²) < 4.78 is 39.0. The van der Waals surface area contributed by atoms with Crippen molar-refractivity contribution in [2.24, 2.45) is 0 Å². The standard InChI is InChI=1S/C16H15F3N2O/c1-10(11-5-6-14(18)15(19)7-11)20-9-16(22)21-13-4-2-3-12(17)8-13/h2-8,10,20H,9H2,1H3,(H,21,22)/t10-/m1/s1. The van der Waals surface area contributed by atoms with Crippen LogP contribution < -0.4 is 10.6 Å². The topological polar surface area (TPSA) is 41.1 Å². The maximum Gasteiger partial charge on any atom is 0.238 e. The largest absolute Gasteiger partial charge is 0.325 e. The van der Waals surface area contributed by atoms with Crippen LogP contribution in [0.5, 0.6) is 0 Å². The Bertz CT molecular complexity index is 676. The highest BCUT2D eigenvalue weighted by Gasteiger charge is 2.11. The van der Waals surface area contributed by atoms with E-state index in [0.717, 1.165) is 12.1 Å². The second-order valence-electron chi connectivity index (χ2n) is 4.83. The van der Waals surface area contributed by atoms with Gasteiger partial charge in [0.15, 0.2) is 11.6 Å². The van der Waals surface area contributed by atoms with E-state index in [1.54, 1.807) is 13.0 Å².